The van der Waals surface area contributed by atoms with E-state index in [0.29, 0.717) is 67.9 Å². The van der Waals surface area contributed by atoms with Crippen molar-refractivity contribution in [1.82, 2.24) is 0 Å². The first-order chi connectivity index (χ1) is 44.7. The molecule has 0 aromatic rings. The summed E-state index contributed by atoms with van der Waals surface area (Å²) in [5, 5.41) is 1.78. The molecule has 107 heavy (non-hydrogen) atoms. The summed E-state index contributed by atoms with van der Waals surface area (Å²) in [6, 6.07) is 2.46. The van der Waals surface area contributed by atoms with Crippen molar-refractivity contribution in [3.63, 3.8) is 0 Å². The summed E-state index contributed by atoms with van der Waals surface area (Å²) in [5.74, 6) is 10.3. The molecular formula is C86H186Li7O7Si7+7. The normalized spacial score (nSPS) is 30.7. The SMILES string of the molecule is CC(C)(C)[Si](C)(C)OC1CCCC1.CC1CC(C)C(O[Si](C)(C)C(C)(C)C)C1.CC1CCC(O[Si](C)(C)C(C)(C)C)C1.CC1CCC(O[Si](C)(C)C(C)(C)C)C1C.CC1CCCC1O[Si](C)(C)C(C)(C)C.CC[Si](C)(C)OC1C(C)C(C)C(C)C1C.CC[Si](C)(C)OC1C(C)CC(C)C1C.[Li+].[Li+].[Li+].[Li+].[Li+].[Li+].[Li+]. The van der Waals surface area contributed by atoms with E-state index in [4.69, 9.17) is 31.0 Å². The zero-order valence-corrected chi connectivity index (χ0v) is 90.4. The van der Waals surface area contributed by atoms with Gasteiger partial charge in [-0.3, -0.25) is 0 Å². The maximum atomic E-state index is 6.48. The van der Waals surface area contributed by atoms with Crippen molar-refractivity contribution in [1.29, 1.82) is 0 Å². The van der Waals surface area contributed by atoms with E-state index in [1.165, 1.54) is 108 Å². The monoisotopic (exact) mass is 1580 g/mol. The minimum absolute atomic E-state index is 0. The van der Waals surface area contributed by atoms with Crippen molar-refractivity contribution in [3.8, 4) is 0 Å². The standard InChI is InChI=1S/3C13H28OSi.3C12H26OSi.C11H24OSi.7Li/c1-10-8-11(2)12(9-10)14-15(6,7)13(3,4)5;1-10-8-9-12(11(10)2)14-15(6,7)13(3,4)5;1-8-15(6,7)14-13-11(4)9(2)10(3)12(13)5;1-10-7-8-11(9-10)13-14(5,6)12(2,3)4;1-10-8-7-9-11(10)13-14(5,6)12(2,3)4;1-7-14(5,6)13-12-10(3)8-9(2)11(12)4;1-11(2,3)13(4,5)12-10-8-6-7-9-10;;;;;;;/h2*10-12H,8-9H2,1-7H3;9-13H,8H2,1-7H3;2*10-11H,7-9H2,1-6H3;9-12H,7-8H2,1-6H3;10H,6-9H2,1-5H3;;;;;;;/q;;;;;;;7*+1. The Labute approximate surface area is 765 Å². The summed E-state index contributed by atoms with van der Waals surface area (Å²) in [7, 11) is -10.3. The third kappa shape index (κ3) is 41.9. The van der Waals surface area contributed by atoms with Gasteiger partial charge in [0.2, 0.25) is 0 Å². The fourth-order valence-corrected chi connectivity index (χ4v) is 24.6. The fourth-order valence-electron chi connectivity index (χ4n) is 14.7. The molecule has 0 N–H and O–H groups in total. The molecular weight excluding hydrogens is 1390 g/mol. The van der Waals surface area contributed by atoms with E-state index in [9.17, 15) is 0 Å². The molecule has 0 saturated heterocycles. The molecule has 0 bridgehead atoms. The van der Waals surface area contributed by atoms with Gasteiger partial charge in [-0.1, -0.05) is 227 Å². The van der Waals surface area contributed by atoms with Gasteiger partial charge in [-0.15, -0.1) is 0 Å². The van der Waals surface area contributed by atoms with Crippen LogP contribution in [0.25, 0.3) is 0 Å². The first kappa shape index (κ1) is 126. The third-order valence-corrected chi connectivity index (χ3v) is 57.1. The van der Waals surface area contributed by atoms with E-state index in [1.54, 1.807) is 0 Å². The molecule has 7 aliphatic rings. The van der Waals surface area contributed by atoms with Crippen LogP contribution in [-0.2, 0) is 31.0 Å². The molecule has 0 heterocycles. The molecule has 0 amide bonds. The van der Waals surface area contributed by atoms with Gasteiger partial charge in [0.05, 0.1) is 12.2 Å². The van der Waals surface area contributed by atoms with Crippen molar-refractivity contribution in [2.45, 2.75) is 476 Å². The first-order valence-electron chi connectivity index (χ1n) is 42.5. The van der Waals surface area contributed by atoms with Gasteiger partial charge >= 0.3 is 132 Å². The van der Waals surface area contributed by atoms with Gasteiger partial charge in [-0.25, -0.2) is 0 Å². The molecule has 7 saturated carbocycles. The maximum absolute atomic E-state index is 6.48. The largest absolute Gasteiger partial charge is 1.00 e. The molecule has 7 aliphatic carbocycles. The smallest absolute Gasteiger partial charge is 0.414 e. The summed E-state index contributed by atoms with van der Waals surface area (Å²) >= 11 is 0. The van der Waals surface area contributed by atoms with E-state index in [-0.39, 0.29) is 132 Å². The minimum Gasteiger partial charge on any atom is -0.414 e. The Morgan fingerprint density at radius 2 is 0.598 bits per heavy atom. The quantitative estimate of drug-likeness (QED) is 0.144. The predicted molar refractivity (Wildman–Crippen MR) is 464 cm³/mol. The Bertz CT molecular complexity index is 2260. The summed E-state index contributed by atoms with van der Waals surface area (Å²) in [6.45, 7) is 103. The van der Waals surface area contributed by atoms with Gasteiger partial charge in [0, 0.05) is 30.5 Å². The van der Waals surface area contributed by atoms with Crippen molar-refractivity contribution in [2.24, 2.45) is 76.9 Å². The molecule has 0 aliphatic heterocycles. The first-order valence-corrected chi connectivity index (χ1v) is 63.3. The van der Waals surface area contributed by atoms with Crippen LogP contribution in [0.4, 0.5) is 0 Å². The zero-order valence-electron chi connectivity index (χ0n) is 83.4. The van der Waals surface area contributed by atoms with Crippen LogP contribution in [0, 0.1) is 76.9 Å². The van der Waals surface area contributed by atoms with Gasteiger partial charge in [0.15, 0.2) is 58.2 Å². The number of hydrogen-bond donors (Lipinski definition) is 0. The molecule has 7 nitrogen and oxygen atoms in total. The molecule has 21 heteroatoms. The van der Waals surface area contributed by atoms with Crippen molar-refractivity contribution >= 4 is 58.2 Å². The van der Waals surface area contributed by atoms with E-state index < -0.39 is 58.2 Å². The topological polar surface area (TPSA) is 64.6 Å². The molecule has 18 atom stereocenters. The minimum atomic E-state index is -1.54. The second-order valence-corrected chi connectivity index (χ2v) is 76.9. The van der Waals surface area contributed by atoms with Crippen LogP contribution in [0.15, 0.2) is 0 Å². The molecule has 7 rings (SSSR count). The van der Waals surface area contributed by atoms with Crippen LogP contribution >= 0.6 is 0 Å². The van der Waals surface area contributed by atoms with Crippen molar-refractivity contribution < 1.29 is 163 Å². The van der Waals surface area contributed by atoms with Crippen LogP contribution in [0.2, 0.25) is 129 Å². The van der Waals surface area contributed by atoms with Crippen LogP contribution in [-0.4, -0.2) is 101 Å². The molecule has 0 aromatic carbocycles. The Balaban J connectivity index is -0.000000216. The maximum Gasteiger partial charge on any atom is 1.00 e. The van der Waals surface area contributed by atoms with Crippen LogP contribution in [0.3, 0.4) is 0 Å². The van der Waals surface area contributed by atoms with Crippen LogP contribution in [0.1, 0.15) is 304 Å². The Hall–Kier alpha value is 5.42. The molecule has 0 spiro atoms. The molecule has 600 valence electrons. The van der Waals surface area contributed by atoms with Crippen molar-refractivity contribution in [2.75, 3.05) is 0 Å². The fraction of sp³-hybridized carbons (Fsp3) is 1.00. The zero-order chi connectivity index (χ0) is 78.5. The van der Waals surface area contributed by atoms with E-state index in [0.717, 1.165) is 76.9 Å². The Morgan fingerprint density at radius 1 is 0.243 bits per heavy atom. The summed E-state index contributed by atoms with van der Waals surface area (Å²) in [6.07, 6.45) is 23.7. The van der Waals surface area contributed by atoms with Gasteiger partial charge in [-0.05, 0) is 283 Å². The van der Waals surface area contributed by atoms with Crippen LogP contribution < -0.4 is 132 Å². The van der Waals surface area contributed by atoms with Gasteiger partial charge in [-0.2, -0.15) is 0 Å². The molecule has 7 fully saturated rings. The molecule has 18 unspecified atom stereocenters. The van der Waals surface area contributed by atoms with E-state index in [1.807, 2.05) is 0 Å². The van der Waals surface area contributed by atoms with Gasteiger partial charge in [0.1, 0.15) is 0 Å². The molecule has 0 aromatic heterocycles. The second-order valence-electron chi connectivity index (χ2n) is 44.2. The summed E-state index contributed by atoms with van der Waals surface area (Å²) in [5.41, 5.74) is 0. The molecule has 0 radical (unpaired) electrons. The number of hydrogen-bond acceptors (Lipinski definition) is 7. The average molecular weight is 1580 g/mol. The summed E-state index contributed by atoms with van der Waals surface area (Å²) in [4.78, 5) is 0. The Kier molecular flexibility index (Phi) is 61.2. The second kappa shape index (κ2) is 52.1. The van der Waals surface area contributed by atoms with Gasteiger partial charge in [0.25, 0.3) is 0 Å². The average Bonchev–Trinajstić information content (AvgIpc) is 1.80. The summed E-state index contributed by atoms with van der Waals surface area (Å²) < 4.78 is 44.9. The van der Waals surface area contributed by atoms with Crippen molar-refractivity contribution in [3.05, 3.63) is 0 Å². The Morgan fingerprint density at radius 3 is 0.888 bits per heavy atom. The third-order valence-electron chi connectivity index (χ3n) is 29.3. The predicted octanol–water partition coefficient (Wildman–Crippen LogP) is 8.32. The van der Waals surface area contributed by atoms with Crippen LogP contribution in [0.5, 0.6) is 0 Å². The van der Waals surface area contributed by atoms with E-state index >= 15 is 0 Å². The number of rotatable bonds is 16. The van der Waals surface area contributed by atoms with E-state index in [2.05, 4.69) is 299 Å². The van der Waals surface area contributed by atoms with Gasteiger partial charge < -0.3 is 31.0 Å².